The Bertz CT molecular complexity index is 555. The zero-order valence-corrected chi connectivity index (χ0v) is 12.2. The van der Waals surface area contributed by atoms with Gasteiger partial charge in [0.05, 0.1) is 5.69 Å². The summed E-state index contributed by atoms with van der Waals surface area (Å²) in [5.74, 6) is 0. The van der Waals surface area contributed by atoms with Crippen molar-refractivity contribution in [3.63, 3.8) is 0 Å². The molecule has 0 amide bonds. The fourth-order valence-electron chi connectivity index (χ4n) is 1.52. The summed E-state index contributed by atoms with van der Waals surface area (Å²) in [5.41, 5.74) is 9.77. The van der Waals surface area contributed by atoms with Gasteiger partial charge in [0, 0.05) is 20.0 Å². The molecule has 4 heteroatoms. The van der Waals surface area contributed by atoms with Crippen LogP contribution in [0, 0.1) is 10.5 Å². The maximum absolute atomic E-state index is 5.92. The lowest BCUT2D eigenvalue weighted by atomic mass is 10.1. The van der Waals surface area contributed by atoms with Gasteiger partial charge >= 0.3 is 0 Å². The Hall–Kier alpha value is -0.940. The standard InChI is InChI=1S/C13H12ClIN2/c1-8-11(16)3-2-4-12(8)17-13-6-5-9(14)7-10(13)15/h2-7,17H,16H2,1H3. The van der Waals surface area contributed by atoms with Gasteiger partial charge in [-0.3, -0.25) is 0 Å². The van der Waals surface area contributed by atoms with Gasteiger partial charge in [0.25, 0.3) is 0 Å². The van der Waals surface area contributed by atoms with Gasteiger partial charge in [-0.15, -0.1) is 0 Å². The maximum Gasteiger partial charge on any atom is 0.0521 e. The third-order valence-electron chi connectivity index (χ3n) is 2.58. The SMILES string of the molecule is Cc1c(N)cccc1Nc1ccc(Cl)cc1I. The topological polar surface area (TPSA) is 38.0 Å². The summed E-state index contributed by atoms with van der Waals surface area (Å²) in [6, 6.07) is 11.6. The van der Waals surface area contributed by atoms with Crippen LogP contribution in [-0.2, 0) is 0 Å². The molecule has 2 rings (SSSR count). The van der Waals surface area contributed by atoms with Crippen molar-refractivity contribution in [3.8, 4) is 0 Å². The van der Waals surface area contributed by atoms with E-state index in [9.17, 15) is 0 Å². The summed E-state index contributed by atoms with van der Waals surface area (Å²) in [4.78, 5) is 0. The Balaban J connectivity index is 2.35. The first-order valence-corrected chi connectivity index (χ1v) is 6.61. The summed E-state index contributed by atoms with van der Waals surface area (Å²) >= 11 is 8.18. The summed E-state index contributed by atoms with van der Waals surface area (Å²) < 4.78 is 1.08. The molecule has 0 unspecified atom stereocenters. The summed E-state index contributed by atoms with van der Waals surface area (Å²) in [5, 5.41) is 4.10. The molecule has 0 aliphatic heterocycles. The smallest absolute Gasteiger partial charge is 0.0521 e. The van der Waals surface area contributed by atoms with Crippen LogP contribution < -0.4 is 11.1 Å². The van der Waals surface area contributed by atoms with Crippen molar-refractivity contribution in [2.24, 2.45) is 0 Å². The Morgan fingerprint density at radius 1 is 1.18 bits per heavy atom. The second-order valence-electron chi connectivity index (χ2n) is 3.77. The molecule has 0 radical (unpaired) electrons. The Morgan fingerprint density at radius 2 is 1.94 bits per heavy atom. The molecule has 2 nitrogen and oxygen atoms in total. The number of benzene rings is 2. The molecule has 3 N–H and O–H groups in total. The molecular formula is C13H12ClIN2. The van der Waals surface area contributed by atoms with E-state index in [4.69, 9.17) is 17.3 Å². The van der Waals surface area contributed by atoms with Gasteiger partial charge in [0.2, 0.25) is 0 Å². The molecule has 0 bridgehead atoms. The van der Waals surface area contributed by atoms with Crippen LogP contribution in [0.2, 0.25) is 5.02 Å². The second-order valence-corrected chi connectivity index (χ2v) is 5.37. The zero-order chi connectivity index (χ0) is 12.4. The minimum Gasteiger partial charge on any atom is -0.398 e. The molecule has 0 fully saturated rings. The van der Waals surface area contributed by atoms with Crippen LogP contribution in [0.4, 0.5) is 17.1 Å². The Morgan fingerprint density at radius 3 is 2.65 bits per heavy atom. The molecule has 17 heavy (non-hydrogen) atoms. The molecule has 2 aromatic carbocycles. The average Bonchev–Trinajstić information content (AvgIpc) is 2.28. The number of nitrogens with one attached hydrogen (secondary N) is 1. The highest BCUT2D eigenvalue weighted by Crippen LogP contribution is 2.28. The van der Waals surface area contributed by atoms with Gasteiger partial charge in [-0.25, -0.2) is 0 Å². The van der Waals surface area contributed by atoms with Gasteiger partial charge in [-0.2, -0.15) is 0 Å². The number of rotatable bonds is 2. The minimum absolute atomic E-state index is 0.740. The van der Waals surface area contributed by atoms with Crippen LogP contribution in [0.5, 0.6) is 0 Å². The van der Waals surface area contributed by atoms with E-state index in [1.807, 2.05) is 43.3 Å². The highest BCUT2D eigenvalue weighted by atomic mass is 127. The molecule has 0 heterocycles. The highest BCUT2D eigenvalue weighted by Gasteiger charge is 2.04. The number of hydrogen-bond acceptors (Lipinski definition) is 2. The van der Waals surface area contributed by atoms with Crippen molar-refractivity contribution < 1.29 is 0 Å². The second kappa shape index (κ2) is 5.14. The normalized spacial score (nSPS) is 10.3. The number of nitrogens with two attached hydrogens (primary N) is 1. The maximum atomic E-state index is 5.92. The van der Waals surface area contributed by atoms with E-state index in [-0.39, 0.29) is 0 Å². The van der Waals surface area contributed by atoms with Gasteiger partial charge in [-0.05, 0) is 65.4 Å². The first kappa shape index (κ1) is 12.5. The van der Waals surface area contributed by atoms with E-state index in [0.717, 1.165) is 31.2 Å². The average molecular weight is 359 g/mol. The molecule has 0 aliphatic rings. The number of anilines is 3. The van der Waals surface area contributed by atoms with E-state index < -0.39 is 0 Å². The molecule has 0 atom stereocenters. The van der Waals surface area contributed by atoms with Crippen LogP contribution in [0.1, 0.15) is 5.56 Å². The highest BCUT2D eigenvalue weighted by molar-refractivity contribution is 14.1. The third-order valence-corrected chi connectivity index (χ3v) is 3.70. The molecule has 0 aromatic heterocycles. The monoisotopic (exact) mass is 358 g/mol. The van der Waals surface area contributed by atoms with E-state index in [1.54, 1.807) is 0 Å². The van der Waals surface area contributed by atoms with E-state index in [2.05, 4.69) is 27.9 Å². The summed E-state index contributed by atoms with van der Waals surface area (Å²) in [6.07, 6.45) is 0. The molecule has 0 saturated carbocycles. The number of halogens is 2. The van der Waals surface area contributed by atoms with Crippen LogP contribution in [0.15, 0.2) is 36.4 Å². The van der Waals surface area contributed by atoms with Crippen LogP contribution >= 0.6 is 34.2 Å². The lowest BCUT2D eigenvalue weighted by Gasteiger charge is -2.12. The Labute approximate surface area is 119 Å². The van der Waals surface area contributed by atoms with Crippen molar-refractivity contribution in [3.05, 3.63) is 50.6 Å². The molecule has 2 aromatic rings. The largest absolute Gasteiger partial charge is 0.398 e. The predicted octanol–water partition coefficient (Wildman–Crippen LogP) is 4.58. The minimum atomic E-state index is 0.740. The van der Waals surface area contributed by atoms with Crippen molar-refractivity contribution in [1.82, 2.24) is 0 Å². The van der Waals surface area contributed by atoms with Crippen molar-refractivity contribution >= 4 is 51.3 Å². The van der Waals surface area contributed by atoms with Gasteiger partial charge in [0.1, 0.15) is 0 Å². The zero-order valence-electron chi connectivity index (χ0n) is 9.30. The fourth-order valence-corrected chi connectivity index (χ4v) is 2.53. The van der Waals surface area contributed by atoms with Crippen molar-refractivity contribution in [2.75, 3.05) is 11.1 Å². The number of nitrogen functional groups attached to an aromatic ring is 1. The lowest BCUT2D eigenvalue weighted by Crippen LogP contribution is -1.98. The van der Waals surface area contributed by atoms with Gasteiger partial charge < -0.3 is 11.1 Å². The number of hydrogen-bond donors (Lipinski definition) is 2. The third kappa shape index (κ3) is 2.84. The van der Waals surface area contributed by atoms with E-state index >= 15 is 0 Å². The van der Waals surface area contributed by atoms with Crippen molar-refractivity contribution in [2.45, 2.75) is 6.92 Å². The molecule has 0 spiro atoms. The molecule has 0 aliphatic carbocycles. The lowest BCUT2D eigenvalue weighted by molar-refractivity contribution is 1.42. The van der Waals surface area contributed by atoms with Gasteiger partial charge in [-0.1, -0.05) is 17.7 Å². The predicted molar refractivity (Wildman–Crippen MR) is 83.0 cm³/mol. The van der Waals surface area contributed by atoms with Crippen LogP contribution in [-0.4, -0.2) is 0 Å². The van der Waals surface area contributed by atoms with E-state index in [0.29, 0.717) is 0 Å². The fraction of sp³-hybridized carbons (Fsp3) is 0.0769. The van der Waals surface area contributed by atoms with Crippen LogP contribution in [0.3, 0.4) is 0 Å². The first-order chi connectivity index (χ1) is 8.08. The molecular weight excluding hydrogens is 347 g/mol. The van der Waals surface area contributed by atoms with Crippen molar-refractivity contribution in [1.29, 1.82) is 0 Å². The summed E-state index contributed by atoms with van der Waals surface area (Å²) in [6.45, 7) is 2.00. The van der Waals surface area contributed by atoms with E-state index in [1.165, 1.54) is 0 Å². The Kier molecular flexibility index (Phi) is 3.79. The quantitative estimate of drug-likeness (QED) is 0.609. The molecule has 88 valence electrons. The first-order valence-electron chi connectivity index (χ1n) is 5.15. The van der Waals surface area contributed by atoms with Crippen LogP contribution in [0.25, 0.3) is 0 Å². The summed E-state index contributed by atoms with van der Waals surface area (Å²) in [7, 11) is 0. The van der Waals surface area contributed by atoms with Gasteiger partial charge in [0.15, 0.2) is 0 Å². The molecule has 0 saturated heterocycles.